The Balaban J connectivity index is 2.29. The van der Waals surface area contributed by atoms with E-state index < -0.39 is 0 Å². The number of carbonyl (C=O) groups excluding carboxylic acids is 1. The Morgan fingerprint density at radius 2 is 1.84 bits per heavy atom. The highest BCUT2D eigenvalue weighted by Gasteiger charge is 2.20. The van der Waals surface area contributed by atoms with Crippen molar-refractivity contribution in [1.82, 2.24) is 4.90 Å². The van der Waals surface area contributed by atoms with E-state index in [0.717, 1.165) is 12.0 Å². The number of nitrogens with zero attached hydrogens (tertiary/aromatic N) is 2. The summed E-state index contributed by atoms with van der Waals surface area (Å²) in [6.07, 6.45) is 0.842. The summed E-state index contributed by atoms with van der Waals surface area (Å²) in [5.74, 6) is 1.02. The summed E-state index contributed by atoms with van der Waals surface area (Å²) < 4.78 is 10.6. The van der Waals surface area contributed by atoms with E-state index in [1.807, 2.05) is 19.1 Å². The zero-order valence-electron chi connectivity index (χ0n) is 14.8. The van der Waals surface area contributed by atoms with Crippen LogP contribution < -0.4 is 9.47 Å². The Morgan fingerprint density at radius 1 is 1.12 bits per heavy atom. The van der Waals surface area contributed by atoms with Gasteiger partial charge in [-0.2, -0.15) is 5.26 Å². The lowest BCUT2D eigenvalue weighted by Crippen LogP contribution is -2.31. The van der Waals surface area contributed by atoms with Crippen molar-refractivity contribution < 1.29 is 14.3 Å². The highest BCUT2D eigenvalue weighted by atomic mass is 16.5. The predicted octanol–water partition coefficient (Wildman–Crippen LogP) is 3.63. The third-order valence-electron chi connectivity index (χ3n) is 3.87. The molecule has 2 aromatic carbocycles. The van der Waals surface area contributed by atoms with Crippen molar-refractivity contribution in [2.75, 3.05) is 20.8 Å². The van der Waals surface area contributed by atoms with Crippen LogP contribution in [0, 0.1) is 11.3 Å². The molecule has 0 radical (unpaired) electrons. The molecule has 130 valence electrons. The summed E-state index contributed by atoms with van der Waals surface area (Å²) >= 11 is 0. The topological polar surface area (TPSA) is 62.6 Å². The zero-order chi connectivity index (χ0) is 18.2. The molecule has 5 nitrogen and oxygen atoms in total. The molecule has 0 aromatic heterocycles. The Kier molecular flexibility index (Phi) is 6.41. The van der Waals surface area contributed by atoms with Gasteiger partial charge in [-0.05, 0) is 42.3 Å². The summed E-state index contributed by atoms with van der Waals surface area (Å²) in [6.45, 7) is 3.12. The van der Waals surface area contributed by atoms with Crippen molar-refractivity contribution in [2.45, 2.75) is 19.9 Å². The van der Waals surface area contributed by atoms with Crippen molar-refractivity contribution in [3.63, 3.8) is 0 Å². The van der Waals surface area contributed by atoms with Crippen LogP contribution in [-0.4, -0.2) is 31.6 Å². The van der Waals surface area contributed by atoms with Crippen LogP contribution in [0.3, 0.4) is 0 Å². The van der Waals surface area contributed by atoms with Crippen molar-refractivity contribution in [2.24, 2.45) is 0 Å². The van der Waals surface area contributed by atoms with E-state index in [4.69, 9.17) is 14.7 Å². The fraction of sp³-hybridized carbons (Fsp3) is 0.300. The lowest BCUT2D eigenvalue weighted by molar-refractivity contribution is 0.0739. The maximum absolute atomic E-state index is 13.0. The first-order valence-corrected chi connectivity index (χ1v) is 8.13. The molecule has 2 rings (SSSR count). The quantitative estimate of drug-likeness (QED) is 0.773. The minimum atomic E-state index is -0.109. The van der Waals surface area contributed by atoms with Crippen LogP contribution in [0.4, 0.5) is 0 Å². The van der Waals surface area contributed by atoms with Crippen LogP contribution in [0.25, 0.3) is 0 Å². The third kappa shape index (κ3) is 4.51. The van der Waals surface area contributed by atoms with Crippen LogP contribution >= 0.6 is 0 Å². The Hall–Kier alpha value is -3.00. The first kappa shape index (κ1) is 18.3. The predicted molar refractivity (Wildman–Crippen MR) is 95.7 cm³/mol. The van der Waals surface area contributed by atoms with Crippen molar-refractivity contribution in [3.8, 4) is 17.6 Å². The molecule has 0 fully saturated rings. The number of nitriles is 1. The first-order valence-electron chi connectivity index (χ1n) is 8.13. The standard InChI is InChI=1S/C20H22N2O3/c1-4-11-22(14-16-7-5-15(13-21)6-8-16)20(23)18-12-17(24-2)9-10-19(18)25-3/h5-10,12H,4,11,14H2,1-3H3. The number of rotatable bonds is 7. The van der Waals surface area contributed by atoms with Gasteiger partial charge in [0.25, 0.3) is 5.91 Å². The van der Waals surface area contributed by atoms with Gasteiger partial charge in [-0.1, -0.05) is 19.1 Å². The Labute approximate surface area is 148 Å². The molecule has 1 amide bonds. The van der Waals surface area contributed by atoms with Gasteiger partial charge in [0.1, 0.15) is 11.5 Å². The molecular weight excluding hydrogens is 316 g/mol. The summed E-state index contributed by atoms with van der Waals surface area (Å²) in [4.78, 5) is 14.8. The van der Waals surface area contributed by atoms with E-state index >= 15 is 0 Å². The Morgan fingerprint density at radius 3 is 2.40 bits per heavy atom. The lowest BCUT2D eigenvalue weighted by atomic mass is 10.1. The van der Waals surface area contributed by atoms with Crippen LogP contribution in [0.2, 0.25) is 0 Å². The van der Waals surface area contributed by atoms with E-state index in [0.29, 0.717) is 35.7 Å². The second-order valence-corrected chi connectivity index (χ2v) is 5.60. The van der Waals surface area contributed by atoms with Gasteiger partial charge in [0, 0.05) is 13.1 Å². The number of carbonyl (C=O) groups is 1. The molecule has 5 heteroatoms. The normalized spacial score (nSPS) is 10.0. The molecule has 0 heterocycles. The third-order valence-corrected chi connectivity index (χ3v) is 3.87. The molecule has 0 unspecified atom stereocenters. The summed E-state index contributed by atoms with van der Waals surface area (Å²) in [5.41, 5.74) is 2.05. The van der Waals surface area contributed by atoms with Crippen LogP contribution in [0.15, 0.2) is 42.5 Å². The summed E-state index contributed by atoms with van der Waals surface area (Å²) in [6, 6.07) is 14.6. The molecule has 0 bridgehead atoms. The SMILES string of the molecule is CCCN(Cc1ccc(C#N)cc1)C(=O)c1cc(OC)ccc1OC. The average Bonchev–Trinajstić information content (AvgIpc) is 2.67. The average molecular weight is 338 g/mol. The van der Waals surface area contributed by atoms with Crippen molar-refractivity contribution in [1.29, 1.82) is 5.26 Å². The van der Waals surface area contributed by atoms with Crippen LogP contribution in [-0.2, 0) is 6.54 Å². The molecule has 0 aliphatic heterocycles. The molecule has 25 heavy (non-hydrogen) atoms. The molecule has 0 saturated heterocycles. The fourth-order valence-corrected chi connectivity index (χ4v) is 2.58. The van der Waals surface area contributed by atoms with Gasteiger partial charge in [0.2, 0.25) is 0 Å². The zero-order valence-corrected chi connectivity index (χ0v) is 14.8. The maximum Gasteiger partial charge on any atom is 0.258 e. The number of ether oxygens (including phenoxy) is 2. The van der Waals surface area contributed by atoms with E-state index in [1.54, 1.807) is 49.5 Å². The second kappa shape index (κ2) is 8.74. The Bertz CT molecular complexity index is 764. The molecule has 0 saturated carbocycles. The highest BCUT2D eigenvalue weighted by Crippen LogP contribution is 2.26. The summed E-state index contributed by atoms with van der Waals surface area (Å²) in [7, 11) is 3.11. The minimum Gasteiger partial charge on any atom is -0.497 e. The van der Waals surface area contributed by atoms with Gasteiger partial charge in [-0.3, -0.25) is 4.79 Å². The van der Waals surface area contributed by atoms with Gasteiger partial charge in [-0.25, -0.2) is 0 Å². The number of hydrogen-bond acceptors (Lipinski definition) is 4. The highest BCUT2D eigenvalue weighted by molar-refractivity contribution is 5.97. The number of amides is 1. The second-order valence-electron chi connectivity index (χ2n) is 5.60. The summed E-state index contributed by atoms with van der Waals surface area (Å²) in [5, 5.41) is 8.90. The van der Waals surface area contributed by atoms with Gasteiger partial charge in [-0.15, -0.1) is 0 Å². The van der Waals surface area contributed by atoms with Gasteiger partial charge in [0.15, 0.2) is 0 Å². The van der Waals surface area contributed by atoms with Crippen molar-refractivity contribution in [3.05, 3.63) is 59.2 Å². The van der Waals surface area contributed by atoms with Crippen molar-refractivity contribution >= 4 is 5.91 Å². The molecule has 0 atom stereocenters. The first-order chi connectivity index (χ1) is 12.1. The fourth-order valence-electron chi connectivity index (χ4n) is 2.58. The number of benzene rings is 2. The lowest BCUT2D eigenvalue weighted by Gasteiger charge is -2.23. The van der Waals surface area contributed by atoms with Crippen LogP contribution in [0.5, 0.6) is 11.5 Å². The van der Waals surface area contributed by atoms with Gasteiger partial charge in [0.05, 0.1) is 31.4 Å². The monoisotopic (exact) mass is 338 g/mol. The molecule has 0 N–H and O–H groups in total. The number of hydrogen-bond donors (Lipinski definition) is 0. The minimum absolute atomic E-state index is 0.109. The molecular formula is C20H22N2O3. The smallest absolute Gasteiger partial charge is 0.258 e. The van der Waals surface area contributed by atoms with E-state index in [9.17, 15) is 4.79 Å². The van der Waals surface area contributed by atoms with Gasteiger partial charge >= 0.3 is 0 Å². The van der Waals surface area contributed by atoms with E-state index in [-0.39, 0.29) is 5.91 Å². The largest absolute Gasteiger partial charge is 0.497 e. The number of methoxy groups -OCH3 is 2. The van der Waals surface area contributed by atoms with Crippen LogP contribution in [0.1, 0.15) is 34.8 Å². The van der Waals surface area contributed by atoms with Gasteiger partial charge < -0.3 is 14.4 Å². The maximum atomic E-state index is 13.0. The molecule has 0 aliphatic rings. The molecule has 2 aromatic rings. The molecule has 0 aliphatic carbocycles. The van der Waals surface area contributed by atoms with E-state index in [2.05, 4.69) is 6.07 Å². The molecule has 0 spiro atoms. The van der Waals surface area contributed by atoms with E-state index in [1.165, 1.54) is 0 Å².